The first-order chi connectivity index (χ1) is 8.60. The van der Waals surface area contributed by atoms with Crippen LogP contribution in [0.5, 0.6) is 0 Å². The molecular formula is C11H10ClFN4O. The number of nitrogens with one attached hydrogen (secondary N) is 2. The van der Waals surface area contributed by atoms with E-state index in [-0.39, 0.29) is 10.8 Å². The van der Waals surface area contributed by atoms with Gasteiger partial charge in [0.05, 0.1) is 5.02 Å². The largest absolute Gasteiger partial charge is 0.319 e. The Balaban J connectivity index is 2.13. The number of halogens is 2. The highest BCUT2D eigenvalue weighted by Gasteiger charge is 2.12. The molecule has 0 aliphatic rings. The number of carbonyl (C=O) groups excluding carboxylic acids is 1. The van der Waals surface area contributed by atoms with E-state index in [0.29, 0.717) is 17.9 Å². The number of rotatable bonds is 3. The average Bonchev–Trinajstić information content (AvgIpc) is 2.82. The number of carbonyl (C=O) groups is 1. The van der Waals surface area contributed by atoms with Gasteiger partial charge in [-0.05, 0) is 18.2 Å². The van der Waals surface area contributed by atoms with Crippen molar-refractivity contribution in [2.24, 2.45) is 0 Å². The number of aryl methyl sites for hydroxylation is 1. The second-order valence-corrected chi connectivity index (χ2v) is 3.95. The zero-order valence-corrected chi connectivity index (χ0v) is 10.3. The zero-order valence-electron chi connectivity index (χ0n) is 9.50. The van der Waals surface area contributed by atoms with Gasteiger partial charge in [-0.3, -0.25) is 9.89 Å². The molecule has 0 saturated carbocycles. The summed E-state index contributed by atoms with van der Waals surface area (Å²) in [6, 6.07) is 3.90. The maximum Gasteiger partial charge on any atom is 0.295 e. The molecular weight excluding hydrogens is 259 g/mol. The molecule has 0 atom stereocenters. The topological polar surface area (TPSA) is 70.7 Å². The fourth-order valence-electron chi connectivity index (χ4n) is 1.32. The van der Waals surface area contributed by atoms with Gasteiger partial charge in [0, 0.05) is 12.1 Å². The number of aromatic amines is 1. The molecule has 0 fully saturated rings. The Bertz CT molecular complexity index is 584. The van der Waals surface area contributed by atoms with Crippen molar-refractivity contribution in [1.82, 2.24) is 15.2 Å². The van der Waals surface area contributed by atoms with Crippen molar-refractivity contribution < 1.29 is 9.18 Å². The quantitative estimate of drug-likeness (QED) is 0.898. The molecule has 0 bridgehead atoms. The molecule has 94 valence electrons. The Morgan fingerprint density at radius 1 is 1.56 bits per heavy atom. The van der Waals surface area contributed by atoms with Crippen LogP contribution in [0.1, 0.15) is 23.4 Å². The summed E-state index contributed by atoms with van der Waals surface area (Å²) in [5.74, 6) is -0.362. The molecule has 2 rings (SSSR count). The molecule has 1 aromatic heterocycles. The van der Waals surface area contributed by atoms with Crippen LogP contribution in [0.3, 0.4) is 0 Å². The molecule has 18 heavy (non-hydrogen) atoms. The van der Waals surface area contributed by atoms with Gasteiger partial charge >= 0.3 is 0 Å². The van der Waals surface area contributed by atoms with Crippen LogP contribution in [0.15, 0.2) is 18.2 Å². The lowest BCUT2D eigenvalue weighted by molar-refractivity contribution is 0.101. The smallest absolute Gasteiger partial charge is 0.295 e. The van der Waals surface area contributed by atoms with Crippen LogP contribution in [0.25, 0.3) is 0 Å². The lowest BCUT2D eigenvalue weighted by Crippen LogP contribution is -2.13. The monoisotopic (exact) mass is 268 g/mol. The van der Waals surface area contributed by atoms with Gasteiger partial charge in [0.15, 0.2) is 0 Å². The number of hydrogen-bond donors (Lipinski definition) is 2. The molecule has 1 heterocycles. The van der Waals surface area contributed by atoms with E-state index >= 15 is 0 Å². The van der Waals surface area contributed by atoms with E-state index in [1.54, 1.807) is 0 Å². The van der Waals surface area contributed by atoms with Crippen LogP contribution in [0.2, 0.25) is 5.02 Å². The summed E-state index contributed by atoms with van der Waals surface area (Å²) in [4.78, 5) is 15.7. The second-order valence-electron chi connectivity index (χ2n) is 3.54. The van der Waals surface area contributed by atoms with Gasteiger partial charge in [-0.15, -0.1) is 5.10 Å². The molecule has 2 aromatic rings. The zero-order chi connectivity index (χ0) is 13.1. The first-order valence-corrected chi connectivity index (χ1v) is 5.65. The summed E-state index contributed by atoms with van der Waals surface area (Å²) >= 11 is 5.61. The number of amides is 1. The van der Waals surface area contributed by atoms with E-state index in [9.17, 15) is 9.18 Å². The van der Waals surface area contributed by atoms with E-state index in [1.165, 1.54) is 18.2 Å². The van der Waals surface area contributed by atoms with Crippen molar-refractivity contribution in [3.05, 3.63) is 40.7 Å². The summed E-state index contributed by atoms with van der Waals surface area (Å²) in [5, 5.41) is 8.87. The lowest BCUT2D eigenvalue weighted by atomic mass is 10.3. The summed E-state index contributed by atoms with van der Waals surface area (Å²) in [6.07, 6.45) is 0.655. The normalized spacial score (nSPS) is 10.4. The van der Waals surface area contributed by atoms with Crippen LogP contribution in [0.4, 0.5) is 10.1 Å². The van der Waals surface area contributed by atoms with E-state index in [1.807, 2.05) is 6.92 Å². The molecule has 0 unspecified atom stereocenters. The predicted molar refractivity (Wildman–Crippen MR) is 65.1 cm³/mol. The highest BCUT2D eigenvalue weighted by atomic mass is 35.5. The van der Waals surface area contributed by atoms with Gasteiger partial charge in [-0.2, -0.15) is 0 Å². The summed E-state index contributed by atoms with van der Waals surface area (Å²) in [6.45, 7) is 1.89. The van der Waals surface area contributed by atoms with Gasteiger partial charge in [-0.25, -0.2) is 9.37 Å². The third-order valence-electron chi connectivity index (χ3n) is 2.25. The number of anilines is 1. The Kier molecular flexibility index (Phi) is 3.57. The first-order valence-electron chi connectivity index (χ1n) is 5.28. The first kappa shape index (κ1) is 12.5. The number of aromatic nitrogens is 3. The minimum atomic E-state index is -0.541. The van der Waals surface area contributed by atoms with Gasteiger partial charge in [-0.1, -0.05) is 18.5 Å². The molecule has 0 spiro atoms. The van der Waals surface area contributed by atoms with Crippen molar-refractivity contribution in [1.29, 1.82) is 0 Å². The number of benzene rings is 1. The highest BCUT2D eigenvalue weighted by molar-refractivity contribution is 6.31. The molecule has 7 heteroatoms. The second kappa shape index (κ2) is 5.14. The molecule has 5 nitrogen and oxygen atoms in total. The Hall–Kier alpha value is -1.95. The van der Waals surface area contributed by atoms with Crippen LogP contribution < -0.4 is 5.32 Å². The summed E-state index contributed by atoms with van der Waals surface area (Å²) < 4.78 is 12.9. The Morgan fingerprint density at radius 3 is 2.94 bits per heavy atom. The van der Waals surface area contributed by atoms with Gasteiger partial charge < -0.3 is 5.32 Å². The minimum absolute atomic E-state index is 0.0345. The third kappa shape index (κ3) is 2.65. The van der Waals surface area contributed by atoms with Crippen LogP contribution in [0, 0.1) is 5.82 Å². The molecule has 0 aliphatic carbocycles. The Morgan fingerprint density at radius 2 is 2.33 bits per heavy atom. The molecule has 0 saturated heterocycles. The predicted octanol–water partition coefficient (Wildman–Crippen LogP) is 2.41. The van der Waals surface area contributed by atoms with E-state index < -0.39 is 11.7 Å². The lowest BCUT2D eigenvalue weighted by Gasteiger charge is -2.03. The molecule has 0 radical (unpaired) electrons. The van der Waals surface area contributed by atoms with E-state index in [0.717, 1.165) is 0 Å². The molecule has 1 aromatic carbocycles. The van der Waals surface area contributed by atoms with Crippen molar-refractivity contribution >= 4 is 23.2 Å². The number of nitrogens with zero attached hydrogens (tertiary/aromatic N) is 2. The van der Waals surface area contributed by atoms with Crippen LogP contribution >= 0.6 is 11.6 Å². The summed E-state index contributed by atoms with van der Waals surface area (Å²) in [5.41, 5.74) is 0.384. The molecule has 1 amide bonds. The van der Waals surface area contributed by atoms with Crippen LogP contribution in [-0.4, -0.2) is 21.1 Å². The summed E-state index contributed by atoms with van der Waals surface area (Å²) in [7, 11) is 0. The maximum absolute atomic E-state index is 12.9. The minimum Gasteiger partial charge on any atom is -0.319 e. The fraction of sp³-hybridized carbons (Fsp3) is 0.182. The van der Waals surface area contributed by atoms with E-state index in [4.69, 9.17) is 11.6 Å². The number of H-pyrrole nitrogens is 1. The average molecular weight is 269 g/mol. The van der Waals surface area contributed by atoms with Crippen molar-refractivity contribution in [2.75, 3.05) is 5.32 Å². The maximum atomic E-state index is 12.9. The van der Waals surface area contributed by atoms with Gasteiger partial charge in [0.2, 0.25) is 5.82 Å². The third-order valence-corrected chi connectivity index (χ3v) is 2.54. The molecule has 0 aliphatic heterocycles. The van der Waals surface area contributed by atoms with Crippen molar-refractivity contribution in [2.45, 2.75) is 13.3 Å². The molecule has 2 N–H and O–H groups in total. The fourth-order valence-corrected chi connectivity index (χ4v) is 1.50. The van der Waals surface area contributed by atoms with Gasteiger partial charge in [0.25, 0.3) is 5.91 Å². The SMILES string of the molecule is CCc1nc(C(=O)Nc2ccc(F)c(Cl)c2)n[nH]1. The van der Waals surface area contributed by atoms with Crippen molar-refractivity contribution in [3.63, 3.8) is 0 Å². The van der Waals surface area contributed by atoms with Crippen LogP contribution in [-0.2, 0) is 6.42 Å². The number of hydrogen-bond acceptors (Lipinski definition) is 3. The standard InChI is InChI=1S/C11H10ClFN4O/c1-2-9-15-10(17-16-9)11(18)14-6-3-4-8(13)7(12)5-6/h3-5H,2H2,1H3,(H,14,18)(H,15,16,17). The Labute approximate surface area is 107 Å². The van der Waals surface area contributed by atoms with E-state index in [2.05, 4.69) is 20.5 Å². The highest BCUT2D eigenvalue weighted by Crippen LogP contribution is 2.19. The van der Waals surface area contributed by atoms with Crippen molar-refractivity contribution in [3.8, 4) is 0 Å². The van der Waals surface area contributed by atoms with Gasteiger partial charge in [0.1, 0.15) is 11.6 Å².